The van der Waals surface area contributed by atoms with E-state index in [0.717, 1.165) is 19.6 Å². The van der Waals surface area contributed by atoms with E-state index in [1.165, 1.54) is 43.5 Å². The van der Waals surface area contributed by atoms with Gasteiger partial charge in [0.25, 0.3) is 0 Å². The van der Waals surface area contributed by atoms with Crippen molar-refractivity contribution in [1.82, 2.24) is 9.80 Å². The summed E-state index contributed by atoms with van der Waals surface area (Å²) in [5.74, 6) is 0. The third-order valence-corrected chi connectivity index (χ3v) is 5.64. The monoisotopic (exact) mass is 287 g/mol. The first kappa shape index (κ1) is 15.0. The molecule has 3 nitrogen and oxygen atoms in total. The minimum atomic E-state index is 0.221. The molecule has 0 aromatic heterocycles. The minimum absolute atomic E-state index is 0.221. The number of likely N-dealkylation sites (tertiary alicyclic amines) is 1. The zero-order valence-corrected chi connectivity index (χ0v) is 13.5. The van der Waals surface area contributed by atoms with Crippen LogP contribution in [0.3, 0.4) is 0 Å². The van der Waals surface area contributed by atoms with Crippen LogP contribution in [0, 0.1) is 0 Å². The molecule has 0 unspecified atom stereocenters. The molecule has 0 amide bonds. The van der Waals surface area contributed by atoms with E-state index in [0.29, 0.717) is 6.04 Å². The van der Waals surface area contributed by atoms with E-state index in [4.69, 9.17) is 5.73 Å². The lowest BCUT2D eigenvalue weighted by molar-refractivity contribution is 0.00908. The quantitative estimate of drug-likeness (QED) is 0.925. The van der Waals surface area contributed by atoms with Crippen LogP contribution in [-0.2, 0) is 13.0 Å². The molecule has 1 fully saturated rings. The molecular weight excluding hydrogens is 258 g/mol. The lowest BCUT2D eigenvalue weighted by Gasteiger charge is -2.50. The molecule has 0 aliphatic carbocycles. The van der Waals surface area contributed by atoms with Crippen molar-refractivity contribution in [1.29, 1.82) is 0 Å². The summed E-state index contributed by atoms with van der Waals surface area (Å²) >= 11 is 0. The van der Waals surface area contributed by atoms with Crippen LogP contribution in [0.2, 0.25) is 0 Å². The summed E-state index contributed by atoms with van der Waals surface area (Å²) in [6, 6.07) is 9.55. The van der Waals surface area contributed by atoms with Gasteiger partial charge in [0.15, 0.2) is 0 Å². The molecule has 0 spiro atoms. The van der Waals surface area contributed by atoms with Gasteiger partial charge in [-0.1, -0.05) is 24.3 Å². The predicted molar refractivity (Wildman–Crippen MR) is 88.3 cm³/mol. The van der Waals surface area contributed by atoms with Gasteiger partial charge in [-0.3, -0.25) is 4.90 Å². The second kappa shape index (κ2) is 6.07. The molecule has 0 saturated carbocycles. The molecule has 1 aromatic carbocycles. The maximum absolute atomic E-state index is 6.25. The van der Waals surface area contributed by atoms with Crippen molar-refractivity contribution in [2.24, 2.45) is 5.73 Å². The van der Waals surface area contributed by atoms with E-state index in [2.05, 4.69) is 47.9 Å². The first-order chi connectivity index (χ1) is 10.1. The smallest absolute Gasteiger partial charge is 0.0359 e. The van der Waals surface area contributed by atoms with Crippen LogP contribution < -0.4 is 5.73 Å². The second-order valence-corrected chi connectivity index (χ2v) is 7.00. The molecule has 2 aliphatic heterocycles. The maximum Gasteiger partial charge on any atom is 0.0359 e. The second-order valence-electron chi connectivity index (χ2n) is 7.00. The van der Waals surface area contributed by atoms with Crippen molar-refractivity contribution in [3.8, 4) is 0 Å². The molecule has 21 heavy (non-hydrogen) atoms. The summed E-state index contributed by atoms with van der Waals surface area (Å²) in [6.07, 6.45) is 3.60. The van der Waals surface area contributed by atoms with Crippen molar-refractivity contribution in [3.63, 3.8) is 0 Å². The van der Waals surface area contributed by atoms with Gasteiger partial charge in [0.05, 0.1) is 0 Å². The Kier molecular flexibility index (Phi) is 4.34. The number of hydrogen-bond acceptors (Lipinski definition) is 3. The Morgan fingerprint density at radius 1 is 1.10 bits per heavy atom. The summed E-state index contributed by atoms with van der Waals surface area (Å²) in [7, 11) is 0. The number of fused-ring (bicyclic) bond motifs is 1. The zero-order chi connectivity index (χ0) is 14.9. The Balaban J connectivity index is 1.73. The van der Waals surface area contributed by atoms with Crippen LogP contribution in [-0.4, -0.2) is 47.6 Å². The first-order valence-corrected chi connectivity index (χ1v) is 8.40. The maximum atomic E-state index is 6.25. The molecule has 0 bridgehead atoms. The molecule has 1 saturated heterocycles. The average molecular weight is 287 g/mol. The fourth-order valence-corrected chi connectivity index (χ4v) is 4.01. The lowest BCUT2D eigenvalue weighted by atomic mass is 9.83. The molecule has 1 aromatic rings. The molecule has 0 atom stereocenters. The number of nitrogens with two attached hydrogens (primary N) is 1. The molecule has 0 radical (unpaired) electrons. The van der Waals surface area contributed by atoms with Crippen molar-refractivity contribution in [2.75, 3.05) is 26.2 Å². The fourth-order valence-electron chi connectivity index (χ4n) is 4.01. The molecule has 2 N–H and O–H groups in total. The molecule has 3 heteroatoms. The van der Waals surface area contributed by atoms with Gasteiger partial charge in [-0.05, 0) is 44.2 Å². The summed E-state index contributed by atoms with van der Waals surface area (Å²) in [5.41, 5.74) is 9.50. The molecule has 3 rings (SSSR count). The van der Waals surface area contributed by atoms with Gasteiger partial charge in [0.1, 0.15) is 0 Å². The Hall–Kier alpha value is -0.900. The number of benzene rings is 1. The minimum Gasteiger partial charge on any atom is -0.329 e. The number of piperidine rings is 1. The van der Waals surface area contributed by atoms with Crippen LogP contribution in [0.1, 0.15) is 37.8 Å². The summed E-state index contributed by atoms with van der Waals surface area (Å²) < 4.78 is 0. The normalized spacial score (nSPS) is 23.2. The lowest BCUT2D eigenvalue weighted by Crippen LogP contribution is -2.60. The van der Waals surface area contributed by atoms with Gasteiger partial charge in [-0.15, -0.1) is 0 Å². The topological polar surface area (TPSA) is 32.5 Å². The fraction of sp³-hybridized carbons (Fsp3) is 0.667. The third kappa shape index (κ3) is 2.87. The van der Waals surface area contributed by atoms with E-state index in [9.17, 15) is 0 Å². The zero-order valence-electron chi connectivity index (χ0n) is 13.5. The Morgan fingerprint density at radius 3 is 2.38 bits per heavy atom. The Morgan fingerprint density at radius 2 is 1.76 bits per heavy atom. The third-order valence-electron chi connectivity index (χ3n) is 5.64. The van der Waals surface area contributed by atoms with Gasteiger partial charge >= 0.3 is 0 Å². The average Bonchev–Trinajstić information content (AvgIpc) is 2.54. The standard InChI is InChI=1S/C18H29N3/c1-15(2)20-11-8-18(14-19,9-12-20)21-10-7-16-5-3-4-6-17(16)13-21/h3-6,15H,7-14,19H2,1-2H3. The summed E-state index contributed by atoms with van der Waals surface area (Å²) in [4.78, 5) is 5.26. The Bertz CT molecular complexity index is 475. The molecule has 2 heterocycles. The van der Waals surface area contributed by atoms with E-state index in [1.807, 2.05) is 0 Å². The highest BCUT2D eigenvalue weighted by atomic mass is 15.3. The van der Waals surface area contributed by atoms with Crippen LogP contribution in [0.15, 0.2) is 24.3 Å². The van der Waals surface area contributed by atoms with E-state index in [1.54, 1.807) is 0 Å². The Labute approximate surface area is 129 Å². The van der Waals surface area contributed by atoms with Crippen LogP contribution >= 0.6 is 0 Å². The van der Waals surface area contributed by atoms with Gasteiger partial charge in [-0.2, -0.15) is 0 Å². The van der Waals surface area contributed by atoms with Crippen molar-refractivity contribution >= 4 is 0 Å². The summed E-state index contributed by atoms with van der Waals surface area (Å²) in [5, 5.41) is 0. The largest absolute Gasteiger partial charge is 0.329 e. The van der Waals surface area contributed by atoms with Gasteiger partial charge in [-0.25, -0.2) is 0 Å². The van der Waals surface area contributed by atoms with Crippen LogP contribution in [0.5, 0.6) is 0 Å². The number of rotatable bonds is 3. The predicted octanol–water partition coefficient (Wildman–Crippen LogP) is 2.25. The van der Waals surface area contributed by atoms with Gasteiger partial charge in [0.2, 0.25) is 0 Å². The van der Waals surface area contributed by atoms with E-state index < -0.39 is 0 Å². The highest BCUT2D eigenvalue weighted by molar-refractivity contribution is 5.29. The van der Waals surface area contributed by atoms with E-state index >= 15 is 0 Å². The van der Waals surface area contributed by atoms with Gasteiger partial charge < -0.3 is 10.6 Å². The molecular formula is C18H29N3. The SMILES string of the molecule is CC(C)N1CCC(CN)(N2CCc3ccccc3C2)CC1. The number of hydrogen-bond donors (Lipinski definition) is 1. The van der Waals surface area contributed by atoms with Gasteiger partial charge in [0, 0.05) is 44.3 Å². The van der Waals surface area contributed by atoms with Crippen LogP contribution in [0.25, 0.3) is 0 Å². The summed E-state index contributed by atoms with van der Waals surface area (Å²) in [6.45, 7) is 10.0. The molecule has 116 valence electrons. The van der Waals surface area contributed by atoms with Crippen molar-refractivity contribution in [2.45, 2.75) is 51.2 Å². The highest BCUT2D eigenvalue weighted by Gasteiger charge is 2.40. The van der Waals surface area contributed by atoms with Crippen molar-refractivity contribution < 1.29 is 0 Å². The molecule has 2 aliphatic rings. The first-order valence-electron chi connectivity index (χ1n) is 8.40. The number of nitrogens with zero attached hydrogens (tertiary/aromatic N) is 2. The van der Waals surface area contributed by atoms with E-state index in [-0.39, 0.29) is 5.54 Å². The highest BCUT2D eigenvalue weighted by Crippen LogP contribution is 2.33. The van der Waals surface area contributed by atoms with Crippen molar-refractivity contribution in [3.05, 3.63) is 35.4 Å². The van der Waals surface area contributed by atoms with Crippen LogP contribution in [0.4, 0.5) is 0 Å².